The lowest BCUT2D eigenvalue weighted by molar-refractivity contribution is -0.126. The highest BCUT2D eigenvalue weighted by Crippen LogP contribution is 2.50. The molecule has 0 aromatic heterocycles. The molecule has 11 heteroatoms. The molecule has 2 aliphatic rings. The fourth-order valence-corrected chi connectivity index (χ4v) is 5.12. The number of carbonyl (C=O) groups is 3. The van der Waals surface area contributed by atoms with Gasteiger partial charge in [0, 0.05) is 5.56 Å². The van der Waals surface area contributed by atoms with Crippen LogP contribution in [0.4, 0.5) is 4.79 Å². The molecule has 1 aliphatic carbocycles. The number of fused-ring (bicyclic) bond motifs is 3. The number of carbonyl (C=O) groups excluding carboxylic acids is 3. The predicted molar refractivity (Wildman–Crippen MR) is 134 cm³/mol. The van der Waals surface area contributed by atoms with E-state index in [4.69, 9.17) is 14.2 Å². The van der Waals surface area contributed by atoms with Crippen LogP contribution in [0.1, 0.15) is 30.0 Å². The Hall–Kier alpha value is -3.73. The molecule has 3 N–H and O–H groups in total. The maximum absolute atomic E-state index is 13.0. The van der Waals surface area contributed by atoms with Crippen molar-refractivity contribution in [3.8, 4) is 28.4 Å². The van der Waals surface area contributed by atoms with Gasteiger partial charge in [-0.25, -0.2) is 4.79 Å². The lowest BCUT2D eigenvalue weighted by Gasteiger charge is -2.20. The van der Waals surface area contributed by atoms with Crippen LogP contribution in [0.2, 0.25) is 0 Å². The molecule has 0 saturated carbocycles. The lowest BCUT2D eigenvalue weighted by Crippen LogP contribution is -2.37. The molecule has 10 nitrogen and oxygen atoms in total. The van der Waals surface area contributed by atoms with Crippen molar-refractivity contribution in [3.63, 3.8) is 0 Å². The molecule has 1 unspecified atom stereocenters. The predicted octanol–water partition coefficient (Wildman–Crippen LogP) is 2.16. The van der Waals surface area contributed by atoms with Gasteiger partial charge in [0.1, 0.15) is 6.04 Å². The van der Waals surface area contributed by atoms with E-state index in [0.717, 1.165) is 16.7 Å². The number of aryl methyl sites for hydroxylation is 1. The molecular formula is C25H27N3O7S. The minimum Gasteiger partial charge on any atom is -0.493 e. The smallest absolute Gasteiger partial charge is 0.322 e. The summed E-state index contributed by atoms with van der Waals surface area (Å²) in [6.07, 6.45) is 2.62. The summed E-state index contributed by atoms with van der Waals surface area (Å²) in [6.45, 7) is 0. The van der Waals surface area contributed by atoms with Crippen LogP contribution in [0.3, 0.4) is 0 Å². The maximum atomic E-state index is 13.0. The molecule has 2 aromatic rings. The van der Waals surface area contributed by atoms with Crippen molar-refractivity contribution < 1.29 is 28.6 Å². The number of imide groups is 1. The fourth-order valence-electron chi connectivity index (χ4n) is 4.66. The van der Waals surface area contributed by atoms with Crippen molar-refractivity contribution in [2.75, 3.05) is 27.6 Å². The average Bonchev–Trinajstić information content (AvgIpc) is 3.00. The molecule has 0 bridgehead atoms. The number of urea groups is 1. The zero-order chi connectivity index (χ0) is 26.0. The standard InChI is InChI=1S/C25H27N3O7S/c1-33-18-9-12-5-7-15(26-20(30)11-16-24(31)28-25(32)27-16)14-10-17(29)19(36-4)8-6-13(14)21(12)23(35-3)22(18)34-2/h6,8-10,15-16H,5,7,11H2,1-4H3,(H,26,30)(H2,27,28,31,32)/t15-,16?/m0/s1. The van der Waals surface area contributed by atoms with E-state index in [1.165, 1.54) is 26.0 Å². The third-order valence-electron chi connectivity index (χ3n) is 6.30. The van der Waals surface area contributed by atoms with E-state index >= 15 is 0 Å². The van der Waals surface area contributed by atoms with Crippen molar-refractivity contribution >= 4 is 29.6 Å². The van der Waals surface area contributed by atoms with Crippen LogP contribution < -0.4 is 35.6 Å². The van der Waals surface area contributed by atoms with E-state index in [1.54, 1.807) is 19.2 Å². The van der Waals surface area contributed by atoms with Crippen LogP contribution in [0.15, 0.2) is 34.0 Å². The molecule has 2 aromatic carbocycles. The summed E-state index contributed by atoms with van der Waals surface area (Å²) in [7, 11) is 4.61. The van der Waals surface area contributed by atoms with Gasteiger partial charge in [0.15, 0.2) is 16.9 Å². The maximum Gasteiger partial charge on any atom is 0.322 e. The summed E-state index contributed by atoms with van der Waals surface area (Å²) >= 11 is 1.33. The van der Waals surface area contributed by atoms with Crippen LogP contribution in [-0.4, -0.2) is 51.5 Å². The molecule has 190 valence electrons. The SMILES string of the molecule is COc1cc2c(c(OC)c1OC)-c1ccc(SC)c(=O)cc1[C@@H](NC(=O)CC1NC(=O)NC1=O)CC2. The molecule has 2 atom stereocenters. The molecule has 1 fully saturated rings. The number of hydrogen-bond donors (Lipinski definition) is 3. The van der Waals surface area contributed by atoms with Crippen LogP contribution in [0, 0.1) is 0 Å². The van der Waals surface area contributed by atoms with Crippen molar-refractivity contribution in [1.29, 1.82) is 0 Å². The number of rotatable bonds is 7. The first-order chi connectivity index (χ1) is 17.3. The van der Waals surface area contributed by atoms with Gasteiger partial charge in [-0.15, -0.1) is 11.8 Å². The molecule has 4 amide bonds. The summed E-state index contributed by atoms with van der Waals surface area (Å²) in [5, 5.41) is 7.52. The highest BCUT2D eigenvalue weighted by atomic mass is 32.2. The molecule has 1 heterocycles. The minimum atomic E-state index is -0.946. The molecule has 1 saturated heterocycles. The Balaban J connectivity index is 1.83. The van der Waals surface area contributed by atoms with Gasteiger partial charge in [0.05, 0.1) is 38.7 Å². The zero-order valence-electron chi connectivity index (χ0n) is 20.4. The molecular weight excluding hydrogens is 486 g/mol. The van der Waals surface area contributed by atoms with Crippen molar-refractivity contribution in [3.05, 3.63) is 45.6 Å². The van der Waals surface area contributed by atoms with E-state index in [2.05, 4.69) is 16.0 Å². The van der Waals surface area contributed by atoms with Crippen LogP contribution in [-0.2, 0) is 16.0 Å². The number of hydrogen-bond acceptors (Lipinski definition) is 8. The van der Waals surface area contributed by atoms with Crippen molar-refractivity contribution in [1.82, 2.24) is 16.0 Å². The third kappa shape index (κ3) is 4.70. The largest absolute Gasteiger partial charge is 0.493 e. The van der Waals surface area contributed by atoms with Gasteiger partial charge in [0.2, 0.25) is 11.7 Å². The van der Waals surface area contributed by atoms with Crippen LogP contribution >= 0.6 is 11.8 Å². The topological polar surface area (TPSA) is 132 Å². The number of nitrogens with one attached hydrogen (secondary N) is 3. The van der Waals surface area contributed by atoms with Gasteiger partial charge < -0.3 is 24.8 Å². The van der Waals surface area contributed by atoms with E-state index in [-0.39, 0.29) is 11.8 Å². The third-order valence-corrected chi connectivity index (χ3v) is 7.08. The zero-order valence-corrected chi connectivity index (χ0v) is 21.2. The number of ether oxygens (including phenoxy) is 3. The minimum absolute atomic E-state index is 0.173. The Morgan fingerprint density at radius 1 is 1.08 bits per heavy atom. The second-order valence-corrected chi connectivity index (χ2v) is 9.19. The molecule has 0 radical (unpaired) electrons. The van der Waals surface area contributed by atoms with Gasteiger partial charge >= 0.3 is 6.03 Å². The van der Waals surface area contributed by atoms with E-state index in [1.807, 2.05) is 18.4 Å². The van der Waals surface area contributed by atoms with Gasteiger partial charge in [-0.1, -0.05) is 6.07 Å². The Labute approximate surface area is 212 Å². The monoisotopic (exact) mass is 513 g/mol. The summed E-state index contributed by atoms with van der Waals surface area (Å²) in [5.74, 6) is 0.426. The van der Waals surface area contributed by atoms with E-state index in [9.17, 15) is 19.2 Å². The highest BCUT2D eigenvalue weighted by Gasteiger charge is 2.33. The molecule has 0 spiro atoms. The number of thioether (sulfide) groups is 1. The Kier molecular flexibility index (Phi) is 7.39. The van der Waals surface area contributed by atoms with Crippen LogP contribution in [0.5, 0.6) is 17.2 Å². The van der Waals surface area contributed by atoms with Crippen molar-refractivity contribution in [2.45, 2.75) is 36.2 Å². The van der Waals surface area contributed by atoms with Gasteiger partial charge in [-0.2, -0.15) is 0 Å². The first-order valence-corrected chi connectivity index (χ1v) is 12.5. The van der Waals surface area contributed by atoms with Gasteiger partial charge in [0.25, 0.3) is 5.91 Å². The first-order valence-electron chi connectivity index (χ1n) is 11.3. The number of benzene rings is 1. The second-order valence-electron chi connectivity index (χ2n) is 8.34. The number of amides is 4. The highest BCUT2D eigenvalue weighted by molar-refractivity contribution is 7.98. The second kappa shape index (κ2) is 10.5. The summed E-state index contributed by atoms with van der Waals surface area (Å²) in [6, 6.07) is 4.93. The molecule has 4 rings (SSSR count). The molecule has 1 aliphatic heterocycles. The Morgan fingerprint density at radius 2 is 1.83 bits per heavy atom. The van der Waals surface area contributed by atoms with E-state index < -0.39 is 29.9 Å². The molecule has 36 heavy (non-hydrogen) atoms. The summed E-state index contributed by atoms with van der Waals surface area (Å²) < 4.78 is 16.9. The summed E-state index contributed by atoms with van der Waals surface area (Å²) in [4.78, 5) is 49.8. The first kappa shape index (κ1) is 25.4. The Morgan fingerprint density at radius 3 is 2.44 bits per heavy atom. The summed E-state index contributed by atoms with van der Waals surface area (Å²) in [5.41, 5.74) is 2.84. The lowest BCUT2D eigenvalue weighted by atomic mass is 9.95. The van der Waals surface area contributed by atoms with Crippen molar-refractivity contribution in [2.24, 2.45) is 0 Å². The fraction of sp³-hybridized carbons (Fsp3) is 0.360. The normalized spacial score (nSPS) is 18.2. The van der Waals surface area contributed by atoms with Crippen LogP contribution in [0.25, 0.3) is 11.1 Å². The Bertz CT molecular complexity index is 1300. The van der Waals surface area contributed by atoms with E-state index in [0.29, 0.717) is 40.5 Å². The average molecular weight is 514 g/mol. The quantitative estimate of drug-likeness (QED) is 0.379. The van der Waals surface area contributed by atoms with Gasteiger partial charge in [-0.3, -0.25) is 19.7 Å². The van der Waals surface area contributed by atoms with Gasteiger partial charge in [-0.05, 0) is 54.0 Å². The number of methoxy groups -OCH3 is 3.